The van der Waals surface area contributed by atoms with Gasteiger partial charge in [0.25, 0.3) is 5.91 Å². The molecule has 2 saturated heterocycles. The lowest BCUT2D eigenvalue weighted by Gasteiger charge is -2.48. The van der Waals surface area contributed by atoms with Gasteiger partial charge in [0.15, 0.2) is 0 Å². The monoisotopic (exact) mass is 357 g/mol. The lowest BCUT2D eigenvalue weighted by molar-refractivity contribution is -0.143. The first kappa shape index (κ1) is 16.5. The van der Waals surface area contributed by atoms with Crippen LogP contribution in [-0.4, -0.2) is 52.8 Å². The molecule has 25 heavy (non-hydrogen) atoms. The van der Waals surface area contributed by atoms with Gasteiger partial charge in [-0.15, -0.1) is 11.3 Å². The van der Waals surface area contributed by atoms with Crippen LogP contribution >= 0.6 is 11.3 Å². The van der Waals surface area contributed by atoms with Crippen LogP contribution in [0.2, 0.25) is 0 Å². The number of likely N-dealkylation sites (tertiary alicyclic amines) is 2. The van der Waals surface area contributed by atoms with Crippen LogP contribution in [0, 0.1) is 11.3 Å². The maximum Gasteiger partial charge on any atom is 0.264 e. The van der Waals surface area contributed by atoms with E-state index in [1.54, 1.807) is 6.20 Å². The van der Waals surface area contributed by atoms with E-state index in [4.69, 9.17) is 0 Å². The molecule has 0 bridgehead atoms. The second-order valence-corrected chi connectivity index (χ2v) is 8.86. The summed E-state index contributed by atoms with van der Waals surface area (Å²) in [5.74, 6) is 0.750. The van der Waals surface area contributed by atoms with Crippen molar-refractivity contribution in [1.29, 1.82) is 0 Å². The summed E-state index contributed by atoms with van der Waals surface area (Å²) in [6.07, 6.45) is 3.37. The van der Waals surface area contributed by atoms with Gasteiger partial charge in [0, 0.05) is 49.6 Å². The summed E-state index contributed by atoms with van der Waals surface area (Å²) in [6.45, 7) is 7.30. The Kier molecular flexibility index (Phi) is 4.02. The molecule has 2 aromatic rings. The van der Waals surface area contributed by atoms with Gasteiger partial charge in [-0.2, -0.15) is 0 Å². The summed E-state index contributed by atoms with van der Waals surface area (Å²) in [5.41, 5.74) is 0.122. The van der Waals surface area contributed by atoms with Crippen LogP contribution in [0.3, 0.4) is 0 Å². The SMILES string of the molecule is CC(C)CC(=O)N1CC2(CCN(C(=O)c3cc4cccnc4s3)C2)C1. The zero-order chi connectivity index (χ0) is 17.6. The van der Waals surface area contributed by atoms with Crippen molar-refractivity contribution in [1.82, 2.24) is 14.8 Å². The van der Waals surface area contributed by atoms with E-state index < -0.39 is 0 Å². The van der Waals surface area contributed by atoms with E-state index in [0.717, 1.165) is 47.7 Å². The number of hydrogen-bond acceptors (Lipinski definition) is 4. The molecule has 0 aromatic carbocycles. The number of amides is 2. The van der Waals surface area contributed by atoms with Crippen molar-refractivity contribution in [2.45, 2.75) is 26.7 Å². The predicted octanol–water partition coefficient (Wildman–Crippen LogP) is 3.02. The summed E-state index contributed by atoms with van der Waals surface area (Å²) in [4.78, 5) is 34.9. The van der Waals surface area contributed by atoms with Crippen molar-refractivity contribution in [2.24, 2.45) is 11.3 Å². The fourth-order valence-electron chi connectivity index (χ4n) is 3.92. The first-order valence-corrected chi connectivity index (χ1v) is 9.69. The third-order valence-corrected chi connectivity index (χ3v) is 6.27. The molecule has 0 unspecified atom stereocenters. The van der Waals surface area contributed by atoms with Gasteiger partial charge in [-0.3, -0.25) is 9.59 Å². The van der Waals surface area contributed by atoms with Gasteiger partial charge in [-0.25, -0.2) is 4.98 Å². The Morgan fingerprint density at radius 1 is 1.28 bits per heavy atom. The first-order chi connectivity index (χ1) is 12.0. The van der Waals surface area contributed by atoms with Gasteiger partial charge in [0.2, 0.25) is 5.91 Å². The van der Waals surface area contributed by atoms with E-state index in [1.165, 1.54) is 11.3 Å². The number of carbonyl (C=O) groups is 2. The van der Waals surface area contributed by atoms with E-state index in [0.29, 0.717) is 12.3 Å². The summed E-state index contributed by atoms with van der Waals surface area (Å²) >= 11 is 1.46. The van der Waals surface area contributed by atoms with E-state index >= 15 is 0 Å². The number of carbonyl (C=O) groups excluding carboxylic acids is 2. The molecule has 2 aromatic heterocycles. The lowest BCUT2D eigenvalue weighted by Crippen LogP contribution is -2.59. The van der Waals surface area contributed by atoms with E-state index in [-0.39, 0.29) is 17.2 Å². The zero-order valence-corrected chi connectivity index (χ0v) is 15.5. The Morgan fingerprint density at radius 2 is 2.04 bits per heavy atom. The molecule has 0 radical (unpaired) electrons. The highest BCUT2D eigenvalue weighted by molar-refractivity contribution is 7.20. The molecule has 4 heterocycles. The molecule has 0 atom stereocenters. The normalized spacial score (nSPS) is 19.0. The molecule has 4 rings (SSSR count). The fourth-order valence-corrected chi connectivity index (χ4v) is 4.89. The predicted molar refractivity (Wildman–Crippen MR) is 98.6 cm³/mol. The smallest absolute Gasteiger partial charge is 0.264 e. The van der Waals surface area contributed by atoms with Gasteiger partial charge in [-0.05, 0) is 24.5 Å². The van der Waals surface area contributed by atoms with Crippen LogP contribution < -0.4 is 0 Å². The Morgan fingerprint density at radius 3 is 2.76 bits per heavy atom. The number of fused-ring (bicyclic) bond motifs is 1. The van der Waals surface area contributed by atoms with Gasteiger partial charge >= 0.3 is 0 Å². The molecule has 2 amide bonds. The van der Waals surface area contributed by atoms with Gasteiger partial charge < -0.3 is 9.80 Å². The molecule has 2 aliphatic rings. The second-order valence-electron chi connectivity index (χ2n) is 7.83. The molecule has 0 aliphatic carbocycles. The Balaban J connectivity index is 1.40. The van der Waals surface area contributed by atoms with Gasteiger partial charge in [0.05, 0.1) is 4.88 Å². The highest BCUT2D eigenvalue weighted by Crippen LogP contribution is 2.41. The Hall–Kier alpha value is -1.95. The summed E-state index contributed by atoms with van der Waals surface area (Å²) in [7, 11) is 0. The third kappa shape index (κ3) is 3.03. The third-order valence-electron chi connectivity index (χ3n) is 5.22. The Bertz CT molecular complexity index is 790. The molecule has 5 nitrogen and oxygen atoms in total. The van der Waals surface area contributed by atoms with Crippen LogP contribution in [0.4, 0.5) is 0 Å². The van der Waals surface area contributed by atoms with Crippen molar-refractivity contribution in [3.8, 4) is 0 Å². The topological polar surface area (TPSA) is 53.5 Å². The molecule has 0 N–H and O–H groups in total. The minimum absolute atomic E-state index is 0.104. The summed E-state index contributed by atoms with van der Waals surface area (Å²) in [5, 5.41) is 1.03. The molecule has 6 heteroatoms. The number of aromatic nitrogens is 1. The summed E-state index contributed by atoms with van der Waals surface area (Å²) in [6, 6.07) is 5.83. The molecular formula is C19H23N3O2S. The van der Waals surface area contributed by atoms with Gasteiger partial charge in [0.1, 0.15) is 4.83 Å². The molecule has 2 fully saturated rings. The summed E-state index contributed by atoms with van der Waals surface area (Å²) < 4.78 is 0. The average Bonchev–Trinajstić information content (AvgIpc) is 3.16. The zero-order valence-electron chi connectivity index (χ0n) is 14.7. The van der Waals surface area contributed by atoms with Crippen LogP contribution in [0.5, 0.6) is 0 Å². The number of rotatable bonds is 3. The van der Waals surface area contributed by atoms with Crippen LogP contribution in [0.15, 0.2) is 24.4 Å². The first-order valence-electron chi connectivity index (χ1n) is 8.87. The van der Waals surface area contributed by atoms with Crippen molar-refractivity contribution in [3.05, 3.63) is 29.3 Å². The standard InChI is InChI=1S/C19H23N3O2S/c1-13(2)8-16(23)22-11-19(12-22)5-7-21(10-19)18(24)15-9-14-4-3-6-20-17(14)25-15/h3-4,6,9,13H,5,7-8,10-12H2,1-2H3. The fraction of sp³-hybridized carbons (Fsp3) is 0.526. The van der Waals surface area contributed by atoms with Crippen LogP contribution in [-0.2, 0) is 4.79 Å². The highest BCUT2D eigenvalue weighted by atomic mass is 32.1. The van der Waals surface area contributed by atoms with Crippen LogP contribution in [0.1, 0.15) is 36.4 Å². The quantitative estimate of drug-likeness (QED) is 0.848. The minimum atomic E-state index is 0.104. The van der Waals surface area contributed by atoms with E-state index in [9.17, 15) is 9.59 Å². The van der Waals surface area contributed by atoms with E-state index in [1.807, 2.05) is 28.0 Å². The number of pyridine rings is 1. The molecule has 1 spiro atoms. The van der Waals surface area contributed by atoms with Crippen molar-refractivity contribution in [2.75, 3.05) is 26.2 Å². The van der Waals surface area contributed by atoms with Crippen molar-refractivity contribution >= 4 is 33.4 Å². The highest BCUT2D eigenvalue weighted by Gasteiger charge is 2.50. The number of nitrogens with zero attached hydrogens (tertiary/aromatic N) is 3. The Labute approximate surface area is 151 Å². The maximum absolute atomic E-state index is 12.8. The minimum Gasteiger partial charge on any atom is -0.341 e. The molecule has 132 valence electrons. The largest absolute Gasteiger partial charge is 0.341 e. The average molecular weight is 357 g/mol. The maximum atomic E-state index is 12.8. The molecule has 2 aliphatic heterocycles. The molecular weight excluding hydrogens is 334 g/mol. The number of thiophene rings is 1. The van der Waals surface area contributed by atoms with Crippen molar-refractivity contribution in [3.63, 3.8) is 0 Å². The lowest BCUT2D eigenvalue weighted by atomic mass is 9.78. The molecule has 0 saturated carbocycles. The van der Waals surface area contributed by atoms with Crippen LogP contribution in [0.25, 0.3) is 10.2 Å². The van der Waals surface area contributed by atoms with Gasteiger partial charge in [-0.1, -0.05) is 19.9 Å². The second kappa shape index (κ2) is 6.09. The van der Waals surface area contributed by atoms with Crippen molar-refractivity contribution < 1.29 is 9.59 Å². The number of hydrogen-bond donors (Lipinski definition) is 0. The van der Waals surface area contributed by atoms with E-state index in [2.05, 4.69) is 18.8 Å².